The van der Waals surface area contributed by atoms with Crippen molar-refractivity contribution in [1.29, 1.82) is 0 Å². The summed E-state index contributed by atoms with van der Waals surface area (Å²) in [5.74, 6) is -1.37. The minimum absolute atomic E-state index is 0.300. The number of benzene rings is 2. The molecule has 3 aromatic rings. The molecule has 27 heavy (non-hydrogen) atoms. The number of ether oxygens (including phenoxy) is 1. The van der Waals surface area contributed by atoms with Crippen molar-refractivity contribution < 1.29 is 14.3 Å². The van der Waals surface area contributed by atoms with Gasteiger partial charge in [-0.05, 0) is 38.1 Å². The second kappa shape index (κ2) is 7.63. The van der Waals surface area contributed by atoms with Gasteiger partial charge in [0.15, 0.2) is 0 Å². The number of aryl methyl sites for hydroxylation is 1. The number of esters is 1. The number of nitrogens with zero attached hydrogens (tertiary/aromatic N) is 2. The van der Waals surface area contributed by atoms with Crippen molar-refractivity contribution in [3.8, 4) is 5.69 Å². The van der Waals surface area contributed by atoms with E-state index in [0.717, 1.165) is 17.1 Å². The normalized spacial score (nSPS) is 11.8. The lowest BCUT2D eigenvalue weighted by Gasteiger charge is -2.15. The maximum Gasteiger partial charge on any atom is 0.339 e. The molecule has 1 heterocycles. The molecule has 1 amide bonds. The van der Waals surface area contributed by atoms with Gasteiger partial charge in [0, 0.05) is 5.56 Å². The standard InChI is InChI=1S/C20H18ClN3O3/c1-12-17(21)13(2)24(23-12)16-10-8-15(9-11-16)20(26)27-18(19(22)25)14-6-4-3-5-7-14/h3-11,18H,1-2H3,(H2,22,25). The van der Waals surface area contributed by atoms with Crippen molar-refractivity contribution in [2.75, 3.05) is 0 Å². The first-order chi connectivity index (χ1) is 12.9. The number of nitrogens with two attached hydrogens (primary N) is 1. The minimum Gasteiger partial charge on any atom is -0.444 e. The van der Waals surface area contributed by atoms with Crippen LogP contribution in [-0.4, -0.2) is 21.7 Å². The highest BCUT2D eigenvalue weighted by atomic mass is 35.5. The van der Waals surface area contributed by atoms with E-state index in [4.69, 9.17) is 22.1 Å². The number of carbonyl (C=O) groups is 2. The molecule has 0 saturated carbocycles. The van der Waals surface area contributed by atoms with Crippen molar-refractivity contribution in [2.45, 2.75) is 20.0 Å². The molecule has 0 bridgehead atoms. The summed E-state index contributed by atoms with van der Waals surface area (Å²) >= 11 is 6.17. The monoisotopic (exact) mass is 383 g/mol. The topological polar surface area (TPSA) is 87.2 Å². The van der Waals surface area contributed by atoms with Crippen LogP contribution in [0.25, 0.3) is 5.69 Å². The molecule has 1 atom stereocenters. The number of rotatable bonds is 5. The van der Waals surface area contributed by atoms with Crippen LogP contribution in [0.3, 0.4) is 0 Å². The van der Waals surface area contributed by atoms with Crippen molar-refractivity contribution in [3.05, 3.63) is 82.1 Å². The fourth-order valence-corrected chi connectivity index (χ4v) is 2.82. The van der Waals surface area contributed by atoms with Crippen molar-refractivity contribution in [3.63, 3.8) is 0 Å². The van der Waals surface area contributed by atoms with E-state index in [9.17, 15) is 9.59 Å². The summed E-state index contributed by atoms with van der Waals surface area (Å²) < 4.78 is 7.02. The lowest BCUT2D eigenvalue weighted by atomic mass is 10.1. The van der Waals surface area contributed by atoms with Crippen LogP contribution in [-0.2, 0) is 9.53 Å². The summed E-state index contributed by atoms with van der Waals surface area (Å²) in [5, 5.41) is 4.98. The Hall–Kier alpha value is -3.12. The van der Waals surface area contributed by atoms with Crippen LogP contribution in [0.4, 0.5) is 0 Å². The Labute approximate surface area is 161 Å². The number of hydrogen-bond donors (Lipinski definition) is 1. The number of carbonyl (C=O) groups excluding carboxylic acids is 2. The van der Waals surface area contributed by atoms with Gasteiger partial charge < -0.3 is 10.5 Å². The molecule has 2 aromatic carbocycles. The van der Waals surface area contributed by atoms with Crippen molar-refractivity contribution >= 4 is 23.5 Å². The second-order valence-corrected chi connectivity index (χ2v) is 6.42. The molecule has 0 saturated heterocycles. The van der Waals surface area contributed by atoms with E-state index in [-0.39, 0.29) is 0 Å². The zero-order valence-corrected chi connectivity index (χ0v) is 15.6. The van der Waals surface area contributed by atoms with Crippen LogP contribution < -0.4 is 5.73 Å². The molecule has 0 aliphatic rings. The third-order valence-electron chi connectivity index (χ3n) is 4.14. The Balaban J connectivity index is 1.81. The van der Waals surface area contributed by atoms with E-state index in [1.807, 2.05) is 13.8 Å². The number of primary amides is 1. The number of amides is 1. The predicted octanol–water partition coefficient (Wildman–Crippen LogP) is 3.53. The van der Waals surface area contributed by atoms with Crippen LogP contribution in [0.15, 0.2) is 54.6 Å². The highest BCUT2D eigenvalue weighted by Crippen LogP contribution is 2.23. The first-order valence-electron chi connectivity index (χ1n) is 8.26. The molecule has 138 valence electrons. The summed E-state index contributed by atoms with van der Waals surface area (Å²) in [6.45, 7) is 3.69. The van der Waals surface area contributed by atoms with Gasteiger partial charge >= 0.3 is 5.97 Å². The maximum atomic E-state index is 12.4. The van der Waals surface area contributed by atoms with Crippen LogP contribution in [0, 0.1) is 13.8 Å². The molecular weight excluding hydrogens is 366 g/mol. The molecule has 2 N–H and O–H groups in total. The van der Waals surface area contributed by atoms with Crippen LogP contribution >= 0.6 is 11.6 Å². The molecule has 6 nitrogen and oxygen atoms in total. The predicted molar refractivity (Wildman–Crippen MR) is 102 cm³/mol. The lowest BCUT2D eigenvalue weighted by Crippen LogP contribution is -2.26. The van der Waals surface area contributed by atoms with E-state index in [2.05, 4.69) is 5.10 Å². The van der Waals surface area contributed by atoms with Gasteiger partial charge in [0.2, 0.25) is 6.10 Å². The van der Waals surface area contributed by atoms with E-state index in [0.29, 0.717) is 16.1 Å². The van der Waals surface area contributed by atoms with Gasteiger partial charge in [0.05, 0.1) is 27.7 Å². The number of hydrogen-bond acceptors (Lipinski definition) is 4. The van der Waals surface area contributed by atoms with E-state index >= 15 is 0 Å². The SMILES string of the molecule is Cc1nn(-c2ccc(C(=O)OC(C(N)=O)c3ccccc3)cc2)c(C)c1Cl. The zero-order valence-electron chi connectivity index (χ0n) is 14.8. The quantitative estimate of drug-likeness (QED) is 0.683. The fraction of sp³-hybridized carbons (Fsp3) is 0.150. The third kappa shape index (κ3) is 3.85. The third-order valence-corrected chi connectivity index (χ3v) is 4.68. The Bertz CT molecular complexity index is 982. The zero-order chi connectivity index (χ0) is 19.6. The molecule has 0 spiro atoms. The number of aromatic nitrogens is 2. The van der Waals surface area contributed by atoms with Gasteiger partial charge in [-0.25, -0.2) is 9.48 Å². The average molecular weight is 384 g/mol. The summed E-state index contributed by atoms with van der Waals surface area (Å²) in [6.07, 6.45) is -1.15. The molecule has 1 unspecified atom stereocenters. The van der Waals surface area contributed by atoms with Gasteiger partial charge in [-0.1, -0.05) is 41.9 Å². The maximum absolute atomic E-state index is 12.4. The second-order valence-electron chi connectivity index (χ2n) is 6.04. The van der Waals surface area contributed by atoms with E-state index in [1.54, 1.807) is 59.3 Å². The molecule has 3 rings (SSSR count). The average Bonchev–Trinajstić information content (AvgIpc) is 2.94. The van der Waals surface area contributed by atoms with Gasteiger partial charge in [-0.3, -0.25) is 4.79 Å². The minimum atomic E-state index is -1.15. The first-order valence-corrected chi connectivity index (χ1v) is 8.63. The van der Waals surface area contributed by atoms with Gasteiger partial charge in [-0.2, -0.15) is 5.10 Å². The summed E-state index contributed by atoms with van der Waals surface area (Å²) in [4.78, 5) is 24.1. The fourth-order valence-electron chi connectivity index (χ4n) is 2.71. The Kier molecular flexibility index (Phi) is 5.28. The number of halogens is 1. The van der Waals surface area contributed by atoms with Crippen LogP contribution in [0.1, 0.15) is 33.4 Å². The molecule has 0 aliphatic carbocycles. The molecule has 7 heteroatoms. The molecule has 0 fully saturated rings. The highest BCUT2D eigenvalue weighted by molar-refractivity contribution is 6.31. The molecule has 0 aliphatic heterocycles. The molecule has 0 radical (unpaired) electrons. The highest BCUT2D eigenvalue weighted by Gasteiger charge is 2.23. The smallest absolute Gasteiger partial charge is 0.339 e. The molecule has 1 aromatic heterocycles. The van der Waals surface area contributed by atoms with Crippen LogP contribution in [0.5, 0.6) is 0 Å². The Morgan fingerprint density at radius 1 is 1.07 bits per heavy atom. The van der Waals surface area contributed by atoms with E-state index < -0.39 is 18.0 Å². The van der Waals surface area contributed by atoms with Crippen molar-refractivity contribution in [1.82, 2.24) is 9.78 Å². The largest absolute Gasteiger partial charge is 0.444 e. The summed E-state index contributed by atoms with van der Waals surface area (Å²) in [5.41, 5.74) is 8.50. The molecular formula is C20H18ClN3O3. The van der Waals surface area contributed by atoms with E-state index in [1.165, 1.54) is 0 Å². The lowest BCUT2D eigenvalue weighted by molar-refractivity contribution is -0.127. The Morgan fingerprint density at radius 3 is 2.22 bits per heavy atom. The first kappa shape index (κ1) is 18.7. The van der Waals surface area contributed by atoms with Gasteiger partial charge in [0.25, 0.3) is 5.91 Å². The van der Waals surface area contributed by atoms with Gasteiger partial charge in [0.1, 0.15) is 0 Å². The van der Waals surface area contributed by atoms with Crippen LogP contribution in [0.2, 0.25) is 5.02 Å². The summed E-state index contributed by atoms with van der Waals surface area (Å²) in [7, 11) is 0. The van der Waals surface area contributed by atoms with Crippen molar-refractivity contribution in [2.24, 2.45) is 5.73 Å². The Morgan fingerprint density at radius 2 is 1.70 bits per heavy atom. The van der Waals surface area contributed by atoms with Gasteiger partial charge in [-0.15, -0.1) is 0 Å². The summed E-state index contributed by atoms with van der Waals surface area (Å²) in [6, 6.07) is 15.3.